The Morgan fingerprint density at radius 3 is 2.27 bits per heavy atom. The monoisotopic (exact) mass is 639 g/mol. The maximum absolute atomic E-state index is 14.8. The van der Waals surface area contributed by atoms with E-state index < -0.39 is 41.8 Å². The number of rotatable bonds is 12. The second-order valence-electron chi connectivity index (χ2n) is 9.71. The quantitative estimate of drug-likeness (QED) is 0.155. The third kappa shape index (κ3) is 8.17. The van der Waals surface area contributed by atoms with E-state index in [1.165, 1.54) is 13.2 Å². The summed E-state index contributed by atoms with van der Waals surface area (Å²) in [5, 5.41) is 13.1. The number of hydrogen-bond acceptors (Lipinski definition) is 8. The third-order valence-electron chi connectivity index (χ3n) is 6.50. The minimum atomic E-state index is -1.34. The maximum atomic E-state index is 14.8. The lowest BCUT2D eigenvalue weighted by Gasteiger charge is -2.22. The number of urea groups is 1. The van der Waals surface area contributed by atoms with Gasteiger partial charge in [0.25, 0.3) is 0 Å². The molecule has 0 saturated carbocycles. The van der Waals surface area contributed by atoms with Crippen molar-refractivity contribution >= 4 is 40.1 Å². The molecule has 0 bridgehead atoms. The zero-order chi connectivity index (χ0) is 32.5. The average molecular weight is 640 g/mol. The minimum absolute atomic E-state index is 0.0542. The lowest BCUT2D eigenvalue weighted by atomic mass is 10.0. The predicted molar refractivity (Wildman–Crippen MR) is 165 cm³/mol. The molecule has 0 atom stereocenters. The molecule has 0 aliphatic carbocycles. The molecule has 0 aliphatic heterocycles. The van der Waals surface area contributed by atoms with Crippen LogP contribution in [0.2, 0.25) is 0 Å². The van der Waals surface area contributed by atoms with Crippen LogP contribution in [0.5, 0.6) is 0 Å². The highest BCUT2D eigenvalue weighted by Crippen LogP contribution is 2.44. The van der Waals surface area contributed by atoms with Gasteiger partial charge in [0, 0.05) is 41.0 Å². The Hall–Kier alpha value is -4.92. The SMILES string of the molecule is CCOC(=O)N(Cc1c(F)cccc1F)c1sc(-c2ccc(NC(=O)NOC)cc2)c(CN(C)Cc2ccccn2)c1C(=O)O. The summed E-state index contributed by atoms with van der Waals surface area (Å²) in [7, 11) is 3.09. The van der Waals surface area contributed by atoms with Gasteiger partial charge in [0.2, 0.25) is 0 Å². The van der Waals surface area contributed by atoms with Crippen molar-refractivity contribution < 1.29 is 37.8 Å². The number of hydroxylamine groups is 1. The maximum Gasteiger partial charge on any atom is 0.415 e. The van der Waals surface area contributed by atoms with Crippen LogP contribution in [-0.4, -0.2) is 53.8 Å². The van der Waals surface area contributed by atoms with Gasteiger partial charge in [-0.2, -0.15) is 0 Å². The summed E-state index contributed by atoms with van der Waals surface area (Å²) in [5.41, 5.74) is 3.64. The molecule has 0 saturated heterocycles. The third-order valence-corrected chi connectivity index (χ3v) is 7.80. The summed E-state index contributed by atoms with van der Waals surface area (Å²) in [6.45, 7) is 1.39. The first-order chi connectivity index (χ1) is 21.6. The number of benzene rings is 2. The summed E-state index contributed by atoms with van der Waals surface area (Å²) in [6.07, 6.45) is 0.689. The standard InChI is InChI=1S/C31H31F2N5O6S/c1-4-44-31(42)38(18-22-24(32)9-7-10-25(22)33)28-26(29(39)40)23(17-37(2)16-21-8-5-6-15-34-21)27(45-28)19-11-13-20(14-12-19)35-30(41)36-43-3/h5-15H,4,16-18H2,1-3H3,(H,39,40)(H2,35,36,41). The van der Waals surface area contributed by atoms with Crippen molar-refractivity contribution in [3.63, 3.8) is 0 Å². The van der Waals surface area contributed by atoms with Crippen molar-refractivity contribution in [2.45, 2.75) is 26.6 Å². The van der Waals surface area contributed by atoms with Crippen molar-refractivity contribution in [2.75, 3.05) is 31.0 Å². The van der Waals surface area contributed by atoms with Crippen molar-refractivity contribution in [1.82, 2.24) is 15.4 Å². The van der Waals surface area contributed by atoms with E-state index in [0.717, 1.165) is 34.1 Å². The van der Waals surface area contributed by atoms with E-state index in [0.29, 0.717) is 28.2 Å². The molecule has 2 aromatic carbocycles. The van der Waals surface area contributed by atoms with E-state index in [1.807, 2.05) is 17.0 Å². The highest BCUT2D eigenvalue weighted by atomic mass is 32.1. The number of anilines is 2. The number of hydrogen-bond donors (Lipinski definition) is 3. The van der Waals surface area contributed by atoms with Gasteiger partial charge >= 0.3 is 18.1 Å². The molecular weight excluding hydrogens is 608 g/mol. The Labute approximate surface area is 262 Å². The van der Waals surface area contributed by atoms with E-state index in [-0.39, 0.29) is 23.7 Å². The van der Waals surface area contributed by atoms with E-state index in [2.05, 4.69) is 20.6 Å². The zero-order valence-corrected chi connectivity index (χ0v) is 25.5. The van der Waals surface area contributed by atoms with Crippen LogP contribution < -0.4 is 15.7 Å². The van der Waals surface area contributed by atoms with Gasteiger partial charge in [0.1, 0.15) is 16.6 Å². The number of halogens is 2. The van der Waals surface area contributed by atoms with Gasteiger partial charge in [0.15, 0.2) is 0 Å². The molecule has 14 heteroatoms. The molecular formula is C31H31F2N5O6S. The smallest absolute Gasteiger partial charge is 0.415 e. The van der Waals surface area contributed by atoms with E-state index in [4.69, 9.17) is 4.74 Å². The minimum Gasteiger partial charge on any atom is -0.478 e. The van der Waals surface area contributed by atoms with Crippen molar-refractivity contribution in [3.05, 3.63) is 101 Å². The number of ether oxygens (including phenoxy) is 1. The van der Waals surface area contributed by atoms with Crippen LogP contribution in [0, 0.1) is 11.6 Å². The van der Waals surface area contributed by atoms with Crippen LogP contribution in [0.25, 0.3) is 10.4 Å². The van der Waals surface area contributed by atoms with Crippen LogP contribution in [0.1, 0.15) is 34.1 Å². The largest absolute Gasteiger partial charge is 0.478 e. The molecule has 4 aromatic rings. The first-order valence-electron chi connectivity index (χ1n) is 13.7. The second kappa shape index (κ2) is 15.2. The number of thiophene rings is 1. The van der Waals surface area contributed by atoms with Gasteiger partial charge in [0.05, 0.1) is 31.5 Å². The van der Waals surface area contributed by atoms with Crippen LogP contribution in [0.15, 0.2) is 66.9 Å². The Bertz CT molecular complexity index is 1630. The van der Waals surface area contributed by atoms with Crippen LogP contribution in [0.3, 0.4) is 0 Å². The van der Waals surface area contributed by atoms with Crippen LogP contribution in [0.4, 0.5) is 29.1 Å². The van der Waals surface area contributed by atoms with Gasteiger partial charge in [-0.3, -0.25) is 19.6 Å². The highest BCUT2D eigenvalue weighted by Gasteiger charge is 2.32. The topological polar surface area (TPSA) is 133 Å². The second-order valence-corrected chi connectivity index (χ2v) is 10.7. The number of nitrogens with one attached hydrogen (secondary N) is 2. The number of aromatic carboxylic acids is 1. The molecule has 3 N–H and O–H groups in total. The number of carboxylic acid groups (broad SMARTS) is 1. The number of nitrogens with zero attached hydrogens (tertiary/aromatic N) is 3. The highest BCUT2D eigenvalue weighted by molar-refractivity contribution is 7.20. The van der Waals surface area contributed by atoms with Gasteiger partial charge in [-0.25, -0.2) is 28.6 Å². The van der Waals surface area contributed by atoms with E-state index in [9.17, 15) is 28.3 Å². The molecule has 2 aromatic heterocycles. The first kappa shape index (κ1) is 33.0. The molecule has 0 fully saturated rings. The number of amides is 3. The molecule has 0 spiro atoms. The van der Waals surface area contributed by atoms with E-state index in [1.54, 1.807) is 50.5 Å². The average Bonchev–Trinajstić information content (AvgIpc) is 3.36. The number of carboxylic acids is 1. The number of carbonyl (C=O) groups excluding carboxylic acids is 2. The van der Waals surface area contributed by atoms with Crippen molar-refractivity contribution in [3.8, 4) is 10.4 Å². The summed E-state index contributed by atoms with van der Waals surface area (Å²) < 4.78 is 34.7. The Balaban J connectivity index is 1.85. The van der Waals surface area contributed by atoms with Crippen LogP contribution in [-0.2, 0) is 29.2 Å². The Morgan fingerprint density at radius 1 is 0.956 bits per heavy atom. The first-order valence-corrected chi connectivity index (χ1v) is 14.5. The predicted octanol–water partition coefficient (Wildman–Crippen LogP) is 6.26. The fraction of sp³-hybridized carbons (Fsp3) is 0.226. The zero-order valence-electron chi connectivity index (χ0n) is 24.7. The summed E-state index contributed by atoms with van der Waals surface area (Å²) in [5.74, 6) is -3.13. The molecule has 2 heterocycles. The lowest BCUT2D eigenvalue weighted by Crippen LogP contribution is -2.32. The van der Waals surface area contributed by atoms with E-state index >= 15 is 0 Å². The summed E-state index contributed by atoms with van der Waals surface area (Å²) in [6, 6.07) is 14.8. The Kier molecular flexibility index (Phi) is 11.1. The fourth-order valence-electron chi connectivity index (χ4n) is 4.56. The summed E-state index contributed by atoms with van der Waals surface area (Å²) >= 11 is 0.974. The molecule has 11 nitrogen and oxygen atoms in total. The van der Waals surface area contributed by atoms with Crippen molar-refractivity contribution in [1.29, 1.82) is 0 Å². The lowest BCUT2D eigenvalue weighted by molar-refractivity contribution is 0.0696. The number of aromatic nitrogens is 1. The Morgan fingerprint density at radius 2 is 1.67 bits per heavy atom. The number of pyridine rings is 1. The van der Waals surface area contributed by atoms with Gasteiger partial charge in [-0.15, -0.1) is 11.3 Å². The van der Waals surface area contributed by atoms with Gasteiger partial charge in [-0.05, 0) is 55.9 Å². The van der Waals surface area contributed by atoms with Gasteiger partial charge in [-0.1, -0.05) is 24.3 Å². The molecule has 0 aliphatic rings. The van der Waals surface area contributed by atoms with Gasteiger partial charge < -0.3 is 15.2 Å². The molecule has 236 valence electrons. The molecule has 4 rings (SSSR count). The molecule has 45 heavy (non-hydrogen) atoms. The normalized spacial score (nSPS) is 10.9. The fourth-order valence-corrected chi connectivity index (χ4v) is 5.86. The molecule has 3 amide bonds. The van der Waals surface area contributed by atoms with Crippen LogP contribution >= 0.6 is 11.3 Å². The summed E-state index contributed by atoms with van der Waals surface area (Å²) in [4.78, 5) is 50.3. The molecule has 0 radical (unpaired) electrons. The number of carbonyl (C=O) groups is 3. The molecule has 0 unspecified atom stereocenters. The van der Waals surface area contributed by atoms with Crippen molar-refractivity contribution in [2.24, 2.45) is 0 Å².